The molecule has 1 fully saturated rings. The number of morpholine rings is 1. The summed E-state index contributed by atoms with van der Waals surface area (Å²) in [6.07, 6.45) is 0.0388. The van der Waals surface area contributed by atoms with E-state index in [1.165, 1.54) is 0 Å². The van der Waals surface area contributed by atoms with Gasteiger partial charge < -0.3 is 15.0 Å². The molecule has 104 valence electrons. The number of carbonyl (C=O) groups is 1. The van der Waals surface area contributed by atoms with Crippen molar-refractivity contribution in [2.75, 3.05) is 33.3 Å². The van der Waals surface area contributed by atoms with E-state index >= 15 is 0 Å². The molecule has 1 aliphatic heterocycles. The monoisotopic (exact) mass is 346 g/mol. The van der Waals surface area contributed by atoms with E-state index in [4.69, 9.17) is 16.3 Å². The maximum atomic E-state index is 12.0. The van der Waals surface area contributed by atoms with Crippen molar-refractivity contribution in [1.82, 2.24) is 10.2 Å². The molecule has 1 saturated heterocycles. The molecular formula is C13H16BrClN2O2. The minimum absolute atomic E-state index is 0.0388. The van der Waals surface area contributed by atoms with Gasteiger partial charge in [-0.25, -0.2) is 0 Å². The van der Waals surface area contributed by atoms with Gasteiger partial charge in [-0.15, -0.1) is 0 Å². The standard InChI is InChI=1S/C13H16BrClN2O2/c1-17-4-5-19-10(8-17)7-16-13(18)11-3-2-9(14)6-12(11)15/h2-3,6,10H,4-5,7-8H2,1H3,(H,16,18)/t10-/m1/s1. The normalized spacial score (nSPS) is 20.3. The molecule has 1 atom stereocenters. The Labute approximate surface area is 126 Å². The fourth-order valence-electron chi connectivity index (χ4n) is 1.97. The molecule has 0 saturated carbocycles. The lowest BCUT2D eigenvalue weighted by Crippen LogP contribution is -2.45. The lowest BCUT2D eigenvalue weighted by Gasteiger charge is -2.30. The van der Waals surface area contributed by atoms with Gasteiger partial charge in [-0.1, -0.05) is 27.5 Å². The number of carbonyl (C=O) groups excluding carboxylic acids is 1. The van der Waals surface area contributed by atoms with Gasteiger partial charge in [0.05, 0.1) is 23.3 Å². The minimum Gasteiger partial charge on any atom is -0.374 e. The molecule has 0 spiro atoms. The largest absolute Gasteiger partial charge is 0.374 e. The summed E-state index contributed by atoms with van der Waals surface area (Å²) in [5.74, 6) is -0.172. The maximum absolute atomic E-state index is 12.0. The molecule has 19 heavy (non-hydrogen) atoms. The number of ether oxygens (including phenoxy) is 1. The molecule has 1 aliphatic rings. The molecule has 6 heteroatoms. The molecule has 0 unspecified atom stereocenters. The highest BCUT2D eigenvalue weighted by Gasteiger charge is 2.19. The zero-order valence-electron chi connectivity index (χ0n) is 10.7. The highest BCUT2D eigenvalue weighted by atomic mass is 79.9. The second kappa shape index (κ2) is 6.70. The summed E-state index contributed by atoms with van der Waals surface area (Å²) in [4.78, 5) is 14.2. The lowest BCUT2D eigenvalue weighted by molar-refractivity contribution is -0.0175. The summed E-state index contributed by atoms with van der Waals surface area (Å²) in [5, 5.41) is 3.30. The van der Waals surface area contributed by atoms with Crippen LogP contribution in [0.5, 0.6) is 0 Å². The van der Waals surface area contributed by atoms with E-state index in [-0.39, 0.29) is 12.0 Å². The van der Waals surface area contributed by atoms with E-state index < -0.39 is 0 Å². The Bertz CT molecular complexity index is 470. The molecule has 1 heterocycles. The molecule has 1 aromatic rings. The Kier molecular flexibility index (Phi) is 5.21. The van der Waals surface area contributed by atoms with Gasteiger partial charge in [0.25, 0.3) is 5.91 Å². The third-order valence-electron chi connectivity index (χ3n) is 3.01. The van der Waals surface area contributed by atoms with Crippen molar-refractivity contribution in [2.24, 2.45) is 0 Å². The second-order valence-electron chi connectivity index (χ2n) is 4.59. The molecule has 2 rings (SSSR count). The van der Waals surface area contributed by atoms with Crippen LogP contribution in [0.4, 0.5) is 0 Å². The summed E-state index contributed by atoms with van der Waals surface area (Å²) in [6.45, 7) is 2.96. The van der Waals surface area contributed by atoms with Crippen LogP contribution in [0.1, 0.15) is 10.4 Å². The number of hydrogen-bond donors (Lipinski definition) is 1. The lowest BCUT2D eigenvalue weighted by atomic mass is 10.2. The van der Waals surface area contributed by atoms with Crippen molar-refractivity contribution >= 4 is 33.4 Å². The zero-order valence-corrected chi connectivity index (χ0v) is 13.0. The molecule has 0 aromatic heterocycles. The first-order valence-corrected chi connectivity index (χ1v) is 7.27. The highest BCUT2D eigenvalue weighted by Crippen LogP contribution is 2.21. The minimum atomic E-state index is -0.172. The summed E-state index contributed by atoms with van der Waals surface area (Å²) < 4.78 is 6.44. The molecule has 1 amide bonds. The molecule has 1 N–H and O–H groups in total. The number of benzene rings is 1. The van der Waals surface area contributed by atoms with Crippen molar-refractivity contribution in [3.05, 3.63) is 33.3 Å². The van der Waals surface area contributed by atoms with Crippen LogP contribution in [0.2, 0.25) is 5.02 Å². The summed E-state index contributed by atoms with van der Waals surface area (Å²) in [6, 6.07) is 5.21. The number of nitrogens with one attached hydrogen (secondary N) is 1. The SMILES string of the molecule is CN1CCO[C@H](CNC(=O)c2ccc(Br)cc2Cl)C1. The van der Waals surface area contributed by atoms with Crippen molar-refractivity contribution in [3.8, 4) is 0 Å². The van der Waals surface area contributed by atoms with E-state index in [0.717, 1.165) is 17.6 Å². The van der Waals surface area contributed by atoms with Crippen LogP contribution in [0.15, 0.2) is 22.7 Å². The fourth-order valence-corrected chi connectivity index (χ4v) is 2.72. The molecule has 0 radical (unpaired) electrons. The van der Waals surface area contributed by atoms with Crippen LogP contribution < -0.4 is 5.32 Å². The summed E-state index contributed by atoms with van der Waals surface area (Å²) in [5.41, 5.74) is 0.481. The number of nitrogens with zero attached hydrogens (tertiary/aromatic N) is 1. The predicted octanol–water partition coefficient (Wildman–Crippen LogP) is 2.16. The van der Waals surface area contributed by atoms with Gasteiger partial charge in [0.1, 0.15) is 0 Å². The van der Waals surface area contributed by atoms with E-state index in [0.29, 0.717) is 23.7 Å². The van der Waals surface area contributed by atoms with Gasteiger partial charge in [-0.05, 0) is 25.2 Å². The third kappa shape index (κ3) is 4.18. The molecule has 0 aliphatic carbocycles. The number of likely N-dealkylation sites (N-methyl/N-ethyl adjacent to an activating group) is 1. The molecule has 4 nitrogen and oxygen atoms in total. The van der Waals surface area contributed by atoms with E-state index in [1.807, 2.05) is 7.05 Å². The average molecular weight is 348 g/mol. The first-order chi connectivity index (χ1) is 9.06. The van der Waals surface area contributed by atoms with Crippen LogP contribution in [-0.4, -0.2) is 50.2 Å². The third-order valence-corrected chi connectivity index (χ3v) is 3.81. The van der Waals surface area contributed by atoms with Crippen molar-refractivity contribution in [2.45, 2.75) is 6.10 Å². The van der Waals surface area contributed by atoms with Gasteiger partial charge in [0, 0.05) is 24.1 Å². The molecule has 0 bridgehead atoms. The Hall–Kier alpha value is -0.620. The Balaban J connectivity index is 1.90. The quantitative estimate of drug-likeness (QED) is 0.911. The smallest absolute Gasteiger partial charge is 0.252 e. The predicted molar refractivity (Wildman–Crippen MR) is 78.7 cm³/mol. The first kappa shape index (κ1) is 14.8. The van der Waals surface area contributed by atoms with Gasteiger partial charge in [-0.3, -0.25) is 4.79 Å². The number of rotatable bonds is 3. The van der Waals surface area contributed by atoms with Crippen molar-refractivity contribution in [1.29, 1.82) is 0 Å². The van der Waals surface area contributed by atoms with Gasteiger partial charge in [0.2, 0.25) is 0 Å². The van der Waals surface area contributed by atoms with Crippen LogP contribution in [-0.2, 0) is 4.74 Å². The number of amides is 1. The van der Waals surface area contributed by atoms with Crippen molar-refractivity contribution < 1.29 is 9.53 Å². The van der Waals surface area contributed by atoms with Crippen LogP contribution >= 0.6 is 27.5 Å². The maximum Gasteiger partial charge on any atom is 0.252 e. The highest BCUT2D eigenvalue weighted by molar-refractivity contribution is 9.10. The van der Waals surface area contributed by atoms with E-state index in [1.54, 1.807) is 18.2 Å². The van der Waals surface area contributed by atoms with Gasteiger partial charge >= 0.3 is 0 Å². The summed E-state index contributed by atoms with van der Waals surface area (Å²) >= 11 is 9.35. The Morgan fingerprint density at radius 2 is 2.42 bits per heavy atom. The van der Waals surface area contributed by atoms with Gasteiger partial charge in [-0.2, -0.15) is 0 Å². The fraction of sp³-hybridized carbons (Fsp3) is 0.462. The molecule has 1 aromatic carbocycles. The average Bonchev–Trinajstić information content (AvgIpc) is 2.36. The van der Waals surface area contributed by atoms with Gasteiger partial charge in [0.15, 0.2) is 0 Å². The van der Waals surface area contributed by atoms with Crippen LogP contribution in [0, 0.1) is 0 Å². The summed E-state index contributed by atoms with van der Waals surface area (Å²) in [7, 11) is 2.04. The zero-order chi connectivity index (χ0) is 13.8. The number of hydrogen-bond acceptors (Lipinski definition) is 3. The Morgan fingerprint density at radius 3 is 3.11 bits per heavy atom. The van der Waals surface area contributed by atoms with E-state index in [2.05, 4.69) is 26.1 Å². The van der Waals surface area contributed by atoms with E-state index in [9.17, 15) is 4.79 Å². The second-order valence-corrected chi connectivity index (χ2v) is 5.91. The van der Waals surface area contributed by atoms with Crippen molar-refractivity contribution in [3.63, 3.8) is 0 Å². The topological polar surface area (TPSA) is 41.6 Å². The Morgan fingerprint density at radius 1 is 1.63 bits per heavy atom. The number of halogens is 2. The first-order valence-electron chi connectivity index (χ1n) is 6.09. The van der Waals surface area contributed by atoms with Crippen LogP contribution in [0.25, 0.3) is 0 Å². The van der Waals surface area contributed by atoms with Crippen LogP contribution in [0.3, 0.4) is 0 Å². The molecular weight excluding hydrogens is 332 g/mol.